The number of nitrogens with two attached hydrogens (primary N) is 1. The lowest BCUT2D eigenvalue weighted by Gasteiger charge is -2.20. The molecule has 0 bridgehead atoms. The van der Waals surface area contributed by atoms with Crippen LogP contribution in [-0.2, 0) is 14.8 Å². The van der Waals surface area contributed by atoms with Gasteiger partial charge in [0.1, 0.15) is 5.75 Å². The van der Waals surface area contributed by atoms with E-state index in [0.717, 1.165) is 0 Å². The van der Waals surface area contributed by atoms with Crippen molar-refractivity contribution in [2.24, 2.45) is 0 Å². The van der Waals surface area contributed by atoms with Gasteiger partial charge in [0.05, 0.1) is 29.6 Å². The SMILES string of the molecule is Nc1cc2c(cc1NS(=O)(=O)c1cnc[nH]1)NC(=O)CO2. The summed E-state index contributed by atoms with van der Waals surface area (Å²) in [5, 5.41) is 2.48. The Hall–Kier alpha value is -2.75. The lowest BCUT2D eigenvalue weighted by atomic mass is 10.2. The molecule has 3 rings (SSSR count). The van der Waals surface area contributed by atoms with E-state index in [1.54, 1.807) is 0 Å². The second-order valence-electron chi connectivity index (χ2n) is 4.29. The summed E-state index contributed by atoms with van der Waals surface area (Å²) in [7, 11) is -3.83. The van der Waals surface area contributed by atoms with Crippen molar-refractivity contribution < 1.29 is 17.9 Å². The highest BCUT2D eigenvalue weighted by Gasteiger charge is 2.21. The van der Waals surface area contributed by atoms with Crippen molar-refractivity contribution in [3.05, 3.63) is 24.7 Å². The van der Waals surface area contributed by atoms with Gasteiger partial charge in [0.2, 0.25) is 0 Å². The van der Waals surface area contributed by atoms with Crippen molar-refractivity contribution in [3.8, 4) is 5.75 Å². The summed E-state index contributed by atoms with van der Waals surface area (Å²) < 4.78 is 31.7. The van der Waals surface area contributed by atoms with Gasteiger partial charge >= 0.3 is 0 Å². The highest BCUT2D eigenvalue weighted by Crippen LogP contribution is 2.35. The first-order chi connectivity index (χ1) is 9.95. The molecular formula is C11H11N5O4S. The molecule has 1 aliphatic heterocycles. The van der Waals surface area contributed by atoms with Crippen molar-refractivity contribution in [1.29, 1.82) is 0 Å². The first kappa shape index (κ1) is 13.2. The standard InChI is InChI=1S/C11H11N5O4S/c12-6-1-9-8(15-10(17)4-20-9)2-7(6)16-21(18,19)11-3-13-5-14-11/h1-3,5,16H,4,12H2,(H,13,14)(H,15,17). The molecule has 0 aliphatic carbocycles. The molecule has 1 aromatic heterocycles. The Morgan fingerprint density at radius 1 is 1.38 bits per heavy atom. The molecular weight excluding hydrogens is 298 g/mol. The highest BCUT2D eigenvalue weighted by atomic mass is 32.2. The van der Waals surface area contributed by atoms with E-state index in [-0.39, 0.29) is 28.9 Å². The molecule has 1 amide bonds. The number of hydrogen-bond acceptors (Lipinski definition) is 6. The number of hydrogen-bond donors (Lipinski definition) is 4. The topological polar surface area (TPSA) is 139 Å². The van der Waals surface area contributed by atoms with Gasteiger partial charge in [-0.05, 0) is 6.07 Å². The number of aromatic amines is 1. The molecule has 0 radical (unpaired) electrons. The molecule has 5 N–H and O–H groups in total. The van der Waals surface area contributed by atoms with Crippen LogP contribution in [0.4, 0.5) is 17.1 Å². The summed E-state index contributed by atoms with van der Waals surface area (Å²) in [4.78, 5) is 17.4. The predicted molar refractivity (Wildman–Crippen MR) is 74.4 cm³/mol. The number of fused-ring (bicyclic) bond motifs is 1. The lowest BCUT2D eigenvalue weighted by molar-refractivity contribution is -0.118. The summed E-state index contributed by atoms with van der Waals surface area (Å²) in [6.45, 7) is -0.105. The minimum atomic E-state index is -3.83. The Bertz CT molecular complexity index is 800. The zero-order valence-electron chi connectivity index (χ0n) is 10.6. The zero-order chi connectivity index (χ0) is 15.0. The molecule has 2 heterocycles. The molecule has 0 saturated carbocycles. The van der Waals surface area contributed by atoms with Gasteiger partial charge in [-0.2, -0.15) is 8.42 Å². The van der Waals surface area contributed by atoms with Crippen LogP contribution < -0.4 is 20.5 Å². The van der Waals surface area contributed by atoms with E-state index in [4.69, 9.17) is 10.5 Å². The average molecular weight is 309 g/mol. The monoisotopic (exact) mass is 309 g/mol. The molecule has 0 spiro atoms. The molecule has 0 saturated heterocycles. The molecule has 10 heteroatoms. The van der Waals surface area contributed by atoms with Crippen molar-refractivity contribution in [2.75, 3.05) is 22.4 Å². The van der Waals surface area contributed by atoms with Crippen LogP contribution in [0.2, 0.25) is 0 Å². The number of nitrogens with zero attached hydrogens (tertiary/aromatic N) is 1. The maximum Gasteiger partial charge on any atom is 0.279 e. The van der Waals surface area contributed by atoms with Crippen LogP contribution in [0.5, 0.6) is 5.75 Å². The Kier molecular flexibility index (Phi) is 2.94. The molecule has 1 aliphatic rings. The number of ether oxygens (including phenoxy) is 1. The Balaban J connectivity index is 1.96. The molecule has 2 aromatic rings. The fourth-order valence-corrected chi connectivity index (χ4v) is 2.80. The molecule has 1 aromatic carbocycles. The molecule has 0 unspecified atom stereocenters. The fourth-order valence-electron chi connectivity index (χ4n) is 1.82. The van der Waals surface area contributed by atoms with Crippen molar-refractivity contribution in [1.82, 2.24) is 9.97 Å². The number of benzene rings is 1. The first-order valence-corrected chi connectivity index (χ1v) is 7.31. The summed E-state index contributed by atoms with van der Waals surface area (Å²) >= 11 is 0. The lowest BCUT2D eigenvalue weighted by Crippen LogP contribution is -2.25. The maximum atomic E-state index is 12.1. The summed E-state index contributed by atoms with van der Waals surface area (Å²) in [5.74, 6) is 0.0613. The zero-order valence-corrected chi connectivity index (χ0v) is 11.4. The normalized spacial score (nSPS) is 14.0. The number of imidazole rings is 1. The number of sulfonamides is 1. The second-order valence-corrected chi connectivity index (χ2v) is 5.94. The Labute approximate surface area is 119 Å². The van der Waals surface area contributed by atoms with Crippen LogP contribution in [-0.4, -0.2) is 30.9 Å². The summed E-state index contributed by atoms with van der Waals surface area (Å²) in [5.41, 5.74) is 6.45. The third-order valence-electron chi connectivity index (χ3n) is 2.79. The van der Waals surface area contributed by atoms with Crippen molar-refractivity contribution >= 4 is 33.0 Å². The number of nitrogens with one attached hydrogen (secondary N) is 3. The quantitative estimate of drug-likeness (QED) is 0.594. The minimum Gasteiger partial charge on any atom is -0.482 e. The molecule has 0 fully saturated rings. The molecule has 21 heavy (non-hydrogen) atoms. The summed E-state index contributed by atoms with van der Waals surface area (Å²) in [6.07, 6.45) is 2.42. The number of rotatable bonds is 3. The third kappa shape index (κ3) is 2.48. The average Bonchev–Trinajstić information content (AvgIpc) is 2.94. The maximum absolute atomic E-state index is 12.1. The predicted octanol–water partition coefficient (Wildman–Crippen LogP) is 0.124. The highest BCUT2D eigenvalue weighted by molar-refractivity contribution is 7.92. The van der Waals surface area contributed by atoms with Gasteiger partial charge in [0.25, 0.3) is 15.9 Å². The minimum absolute atomic E-state index is 0.0973. The number of H-pyrrole nitrogens is 1. The third-order valence-corrected chi connectivity index (χ3v) is 4.08. The van der Waals surface area contributed by atoms with Crippen molar-refractivity contribution in [3.63, 3.8) is 0 Å². The van der Waals surface area contributed by atoms with Gasteiger partial charge < -0.3 is 20.8 Å². The largest absolute Gasteiger partial charge is 0.482 e. The molecule has 0 atom stereocenters. The van der Waals surface area contributed by atoms with Gasteiger partial charge in [-0.1, -0.05) is 0 Å². The Morgan fingerprint density at radius 2 is 2.19 bits per heavy atom. The molecule has 110 valence electrons. The van der Waals surface area contributed by atoms with Gasteiger partial charge in [-0.15, -0.1) is 0 Å². The summed E-state index contributed by atoms with van der Waals surface area (Å²) in [6, 6.07) is 2.84. The van der Waals surface area contributed by atoms with E-state index in [2.05, 4.69) is 20.0 Å². The van der Waals surface area contributed by atoms with E-state index >= 15 is 0 Å². The van der Waals surface area contributed by atoms with Crippen LogP contribution >= 0.6 is 0 Å². The number of carbonyl (C=O) groups is 1. The van der Waals surface area contributed by atoms with Crippen LogP contribution in [0.1, 0.15) is 0 Å². The van der Waals surface area contributed by atoms with E-state index < -0.39 is 10.0 Å². The first-order valence-electron chi connectivity index (χ1n) is 5.83. The van der Waals surface area contributed by atoms with E-state index in [1.807, 2.05) is 0 Å². The van der Waals surface area contributed by atoms with Crippen LogP contribution in [0, 0.1) is 0 Å². The van der Waals surface area contributed by atoms with E-state index in [9.17, 15) is 13.2 Å². The fraction of sp³-hybridized carbons (Fsp3) is 0.0909. The number of nitrogen functional groups attached to an aromatic ring is 1. The Morgan fingerprint density at radius 3 is 2.90 bits per heavy atom. The van der Waals surface area contributed by atoms with Gasteiger partial charge in [-0.3, -0.25) is 9.52 Å². The van der Waals surface area contributed by atoms with E-state index in [1.165, 1.54) is 24.7 Å². The van der Waals surface area contributed by atoms with Gasteiger partial charge in [0, 0.05) is 6.07 Å². The van der Waals surface area contributed by atoms with Crippen LogP contribution in [0.25, 0.3) is 0 Å². The number of amides is 1. The van der Waals surface area contributed by atoms with Crippen LogP contribution in [0.3, 0.4) is 0 Å². The smallest absolute Gasteiger partial charge is 0.279 e. The van der Waals surface area contributed by atoms with Crippen LogP contribution in [0.15, 0.2) is 29.7 Å². The number of aromatic nitrogens is 2. The van der Waals surface area contributed by atoms with E-state index in [0.29, 0.717) is 11.4 Å². The van der Waals surface area contributed by atoms with Gasteiger partial charge in [0.15, 0.2) is 11.6 Å². The number of carbonyl (C=O) groups excluding carboxylic acids is 1. The van der Waals surface area contributed by atoms with Gasteiger partial charge in [-0.25, -0.2) is 4.98 Å². The molecule has 9 nitrogen and oxygen atoms in total. The second kappa shape index (κ2) is 4.66. The number of anilines is 3. The van der Waals surface area contributed by atoms with Crippen molar-refractivity contribution in [2.45, 2.75) is 5.03 Å².